The number of aliphatic hydroxyl groups excluding tert-OH is 2. The number of methoxy groups -OCH3 is 1. The molecule has 3 rings (SSSR count). The molecule has 2 aromatic carbocycles. The summed E-state index contributed by atoms with van der Waals surface area (Å²) in [5.74, 6) is -1.90. The quantitative estimate of drug-likeness (QED) is 0.150. The van der Waals surface area contributed by atoms with Crippen molar-refractivity contribution in [1.82, 2.24) is 4.90 Å². The first-order valence-corrected chi connectivity index (χ1v) is 9.75. The van der Waals surface area contributed by atoms with Crippen molar-refractivity contribution in [3.05, 3.63) is 75.3 Å². The molecule has 1 fully saturated rings. The van der Waals surface area contributed by atoms with Gasteiger partial charge in [-0.15, -0.1) is 0 Å². The number of nitrogens with zero attached hydrogens (tertiary/aromatic N) is 2. The van der Waals surface area contributed by atoms with Crippen molar-refractivity contribution in [2.45, 2.75) is 6.04 Å². The number of hydrogen-bond donors (Lipinski definition) is 2. The fourth-order valence-electron chi connectivity index (χ4n) is 3.58. The molecule has 0 aromatic heterocycles. The average Bonchev–Trinajstić information content (AvgIpc) is 3.06. The molecule has 1 saturated heterocycles. The number of non-ortho nitro benzene ring substituents is 1. The molecule has 0 spiro atoms. The number of ether oxygens (including phenoxy) is 2. The van der Waals surface area contributed by atoms with Crippen LogP contribution in [0.25, 0.3) is 5.76 Å². The number of rotatable bonds is 9. The lowest BCUT2D eigenvalue weighted by atomic mass is 9.94. The zero-order chi connectivity index (χ0) is 23.3. The number of carbonyl (C=O) groups excluding carboxylic acids is 2. The van der Waals surface area contributed by atoms with Crippen LogP contribution in [0, 0.1) is 10.1 Å². The van der Waals surface area contributed by atoms with Gasteiger partial charge in [-0.2, -0.15) is 0 Å². The number of para-hydroxylation sites is 1. The smallest absolute Gasteiger partial charge is 0.295 e. The summed E-state index contributed by atoms with van der Waals surface area (Å²) in [5, 5.41) is 31.0. The van der Waals surface area contributed by atoms with Crippen molar-refractivity contribution in [2.24, 2.45) is 0 Å². The predicted molar refractivity (Wildman–Crippen MR) is 113 cm³/mol. The number of carbonyl (C=O) groups is 2. The van der Waals surface area contributed by atoms with Gasteiger partial charge in [0.15, 0.2) is 0 Å². The number of ketones is 1. The third-order valence-electron chi connectivity index (χ3n) is 5.02. The minimum atomic E-state index is -0.997. The second kappa shape index (κ2) is 10.0. The van der Waals surface area contributed by atoms with Crippen molar-refractivity contribution < 1.29 is 34.2 Å². The third kappa shape index (κ3) is 4.46. The van der Waals surface area contributed by atoms with Gasteiger partial charge in [0.25, 0.3) is 17.4 Å². The summed E-state index contributed by atoms with van der Waals surface area (Å²) in [6.07, 6.45) is 0. The summed E-state index contributed by atoms with van der Waals surface area (Å²) < 4.78 is 10.6. The summed E-state index contributed by atoms with van der Waals surface area (Å²) in [7, 11) is 1.44. The molecule has 1 heterocycles. The fraction of sp³-hybridized carbons (Fsp3) is 0.273. The van der Waals surface area contributed by atoms with Gasteiger partial charge in [-0.1, -0.05) is 30.3 Å². The van der Waals surface area contributed by atoms with E-state index >= 15 is 0 Å². The van der Waals surface area contributed by atoms with E-state index in [1.807, 2.05) is 0 Å². The molecule has 1 atom stereocenters. The highest BCUT2D eigenvalue weighted by atomic mass is 16.6. The molecule has 2 N–H and O–H groups in total. The number of Topliss-reactive ketones (excluding diaryl/α,β-unsaturated/α-hetero) is 1. The van der Waals surface area contributed by atoms with Crippen LogP contribution in [0.15, 0.2) is 54.1 Å². The Kier molecular flexibility index (Phi) is 7.18. The van der Waals surface area contributed by atoms with Crippen molar-refractivity contribution in [3.63, 3.8) is 0 Å². The fourth-order valence-corrected chi connectivity index (χ4v) is 3.58. The van der Waals surface area contributed by atoms with Crippen LogP contribution in [0.3, 0.4) is 0 Å². The van der Waals surface area contributed by atoms with Crippen LogP contribution in [-0.2, 0) is 14.3 Å². The minimum absolute atomic E-state index is 0.0129. The Hall–Kier alpha value is -3.76. The van der Waals surface area contributed by atoms with Gasteiger partial charge in [-0.05, 0) is 6.07 Å². The molecule has 0 unspecified atom stereocenters. The van der Waals surface area contributed by atoms with Crippen molar-refractivity contribution in [2.75, 3.05) is 33.5 Å². The van der Waals surface area contributed by atoms with Gasteiger partial charge in [0.2, 0.25) is 0 Å². The number of likely N-dealkylation sites (tertiary alicyclic amines) is 1. The highest BCUT2D eigenvalue weighted by Crippen LogP contribution is 2.42. The number of benzene rings is 2. The van der Waals surface area contributed by atoms with Crippen LogP contribution in [0.5, 0.6) is 5.75 Å². The van der Waals surface area contributed by atoms with E-state index in [9.17, 15) is 24.8 Å². The first-order valence-electron chi connectivity index (χ1n) is 9.75. The Morgan fingerprint density at radius 2 is 1.91 bits per heavy atom. The largest absolute Gasteiger partial charge is 0.507 e. The predicted octanol–water partition coefficient (Wildman–Crippen LogP) is 2.03. The molecule has 168 valence electrons. The Balaban J connectivity index is 2.14. The van der Waals surface area contributed by atoms with Gasteiger partial charge < -0.3 is 24.6 Å². The van der Waals surface area contributed by atoms with Gasteiger partial charge in [-0.25, -0.2) is 0 Å². The SMILES string of the molecule is COc1ccccc1[C@@H]1C(=C(O)c2cccc([N+](=O)[O-])c2)C(=O)C(=O)N1CCOCCO. The van der Waals surface area contributed by atoms with Crippen LogP contribution in [0.2, 0.25) is 0 Å². The lowest BCUT2D eigenvalue weighted by molar-refractivity contribution is -0.384. The number of hydrogen-bond acceptors (Lipinski definition) is 8. The molecule has 10 nitrogen and oxygen atoms in total. The van der Waals surface area contributed by atoms with Crippen molar-refractivity contribution >= 4 is 23.1 Å². The highest BCUT2D eigenvalue weighted by molar-refractivity contribution is 6.46. The summed E-state index contributed by atoms with van der Waals surface area (Å²) in [5.41, 5.74) is 0.0219. The third-order valence-corrected chi connectivity index (χ3v) is 5.02. The Morgan fingerprint density at radius 3 is 2.59 bits per heavy atom. The standard InChI is InChI=1S/C22H22N2O8/c1-31-17-8-3-2-7-16(17)19-18(20(26)14-5-4-6-15(13-14)24(29)30)21(27)22(28)23(19)9-11-32-12-10-25/h2-8,13,19,25-26H,9-12H2,1H3/t19-/m1/s1. The summed E-state index contributed by atoms with van der Waals surface area (Å²) in [6, 6.07) is 10.9. The first-order chi connectivity index (χ1) is 15.4. The Morgan fingerprint density at radius 1 is 1.16 bits per heavy atom. The molecule has 2 aromatic rings. The maximum atomic E-state index is 13.0. The Labute approximate surface area is 183 Å². The lowest BCUT2D eigenvalue weighted by Crippen LogP contribution is -2.33. The molecule has 0 radical (unpaired) electrons. The molecule has 32 heavy (non-hydrogen) atoms. The number of aliphatic hydroxyl groups is 2. The number of nitro benzene ring substituents is 1. The van der Waals surface area contributed by atoms with Crippen LogP contribution in [0.1, 0.15) is 17.2 Å². The van der Waals surface area contributed by atoms with E-state index in [0.717, 1.165) is 6.07 Å². The minimum Gasteiger partial charge on any atom is -0.507 e. The molecular weight excluding hydrogens is 420 g/mol. The normalized spacial score (nSPS) is 17.6. The van der Waals surface area contributed by atoms with Gasteiger partial charge >= 0.3 is 0 Å². The molecule has 1 amide bonds. The zero-order valence-electron chi connectivity index (χ0n) is 17.3. The second-order valence-electron chi connectivity index (χ2n) is 6.88. The summed E-state index contributed by atoms with van der Waals surface area (Å²) in [4.78, 5) is 37.6. The van der Waals surface area contributed by atoms with E-state index in [0.29, 0.717) is 11.3 Å². The van der Waals surface area contributed by atoms with E-state index in [-0.39, 0.29) is 43.2 Å². The molecule has 1 aliphatic heterocycles. The molecule has 0 saturated carbocycles. The van der Waals surface area contributed by atoms with Crippen LogP contribution in [-0.4, -0.2) is 65.2 Å². The Bertz CT molecular complexity index is 1070. The zero-order valence-corrected chi connectivity index (χ0v) is 17.3. The monoisotopic (exact) mass is 442 g/mol. The lowest BCUT2D eigenvalue weighted by Gasteiger charge is -2.26. The van der Waals surface area contributed by atoms with Gasteiger partial charge in [0.1, 0.15) is 11.5 Å². The highest BCUT2D eigenvalue weighted by Gasteiger charge is 2.46. The van der Waals surface area contributed by atoms with Gasteiger partial charge in [-0.3, -0.25) is 19.7 Å². The molecule has 0 bridgehead atoms. The molecule has 1 aliphatic rings. The van der Waals surface area contributed by atoms with Crippen molar-refractivity contribution in [3.8, 4) is 5.75 Å². The van der Waals surface area contributed by atoms with Crippen LogP contribution >= 0.6 is 0 Å². The van der Waals surface area contributed by atoms with E-state index < -0.39 is 28.4 Å². The average molecular weight is 442 g/mol. The summed E-state index contributed by atoms with van der Waals surface area (Å²) in [6.45, 7) is -0.0619. The van der Waals surface area contributed by atoms with Gasteiger partial charge in [0.05, 0.1) is 43.5 Å². The maximum Gasteiger partial charge on any atom is 0.295 e. The van der Waals surface area contributed by atoms with Crippen molar-refractivity contribution in [1.29, 1.82) is 0 Å². The topological polar surface area (TPSA) is 139 Å². The molecule has 10 heteroatoms. The molecular formula is C22H22N2O8. The van der Waals surface area contributed by atoms with E-state index in [4.69, 9.17) is 14.6 Å². The number of nitro groups is 1. The molecule has 0 aliphatic carbocycles. The van der Waals surface area contributed by atoms with Gasteiger partial charge in [0, 0.05) is 29.8 Å². The summed E-state index contributed by atoms with van der Waals surface area (Å²) >= 11 is 0. The maximum absolute atomic E-state index is 13.0. The van der Waals surface area contributed by atoms with Crippen LogP contribution < -0.4 is 4.74 Å². The van der Waals surface area contributed by atoms with Crippen LogP contribution in [0.4, 0.5) is 5.69 Å². The van der Waals surface area contributed by atoms with E-state index in [1.54, 1.807) is 24.3 Å². The number of amides is 1. The first kappa shape index (κ1) is 22.9. The second-order valence-corrected chi connectivity index (χ2v) is 6.88. The van der Waals surface area contributed by atoms with E-state index in [2.05, 4.69) is 0 Å². The van der Waals surface area contributed by atoms with E-state index in [1.165, 1.54) is 30.2 Å².